The molecule has 11 heteroatoms. The van der Waals surface area contributed by atoms with Crippen LogP contribution in [0.1, 0.15) is 33.1 Å². The maximum atomic E-state index is 11.7. The summed E-state index contributed by atoms with van der Waals surface area (Å²) in [4.78, 5) is 46.2. The standard InChI is InChI=1S/C14H19BrO10/c1-6(16)21-5-10-11(22-7(2)17)12(23-8(3)18)13(24-9(4)19)14(15,20)25-10/h10-13,20H,5H2,1-4H3/t10-,11-,12+,13+,14?/m1/s1/i1D,2D,3D,4D. The maximum absolute atomic E-state index is 11.7. The van der Waals surface area contributed by atoms with Gasteiger partial charge in [0.05, 0.1) is 0 Å². The molecule has 142 valence electrons. The highest BCUT2D eigenvalue weighted by atomic mass is 79.9. The first-order valence-corrected chi connectivity index (χ1v) is 7.39. The van der Waals surface area contributed by atoms with Gasteiger partial charge in [-0.2, -0.15) is 0 Å². The fraction of sp³-hybridized carbons (Fsp3) is 0.714. The van der Waals surface area contributed by atoms with E-state index in [9.17, 15) is 24.3 Å². The molecule has 25 heavy (non-hydrogen) atoms. The van der Waals surface area contributed by atoms with Gasteiger partial charge in [-0.05, 0) is 15.9 Å². The Balaban J connectivity index is 3.30. The van der Waals surface area contributed by atoms with Crippen LogP contribution in [0.2, 0.25) is 0 Å². The molecule has 0 saturated carbocycles. The van der Waals surface area contributed by atoms with Crippen molar-refractivity contribution >= 4 is 39.8 Å². The van der Waals surface area contributed by atoms with Gasteiger partial charge in [-0.15, -0.1) is 0 Å². The van der Waals surface area contributed by atoms with Crippen LogP contribution in [0.25, 0.3) is 0 Å². The molecule has 10 nitrogen and oxygen atoms in total. The van der Waals surface area contributed by atoms with Gasteiger partial charge in [-0.1, -0.05) is 0 Å². The lowest BCUT2D eigenvalue weighted by Crippen LogP contribution is -2.66. The van der Waals surface area contributed by atoms with Gasteiger partial charge in [0.25, 0.3) is 4.70 Å². The molecule has 1 saturated heterocycles. The molecule has 1 unspecified atom stereocenters. The van der Waals surface area contributed by atoms with Crippen LogP contribution >= 0.6 is 15.9 Å². The fourth-order valence-electron chi connectivity index (χ4n) is 2.09. The first kappa shape index (κ1) is 15.5. The van der Waals surface area contributed by atoms with E-state index < -0.39 is 87.2 Å². The van der Waals surface area contributed by atoms with Crippen molar-refractivity contribution in [1.29, 1.82) is 0 Å². The summed E-state index contributed by atoms with van der Waals surface area (Å²) in [5.41, 5.74) is 0. The zero-order valence-corrected chi connectivity index (χ0v) is 14.4. The molecule has 1 fully saturated rings. The van der Waals surface area contributed by atoms with E-state index in [1.165, 1.54) is 0 Å². The maximum Gasteiger partial charge on any atom is 0.303 e. The molecule has 0 aromatic rings. The lowest BCUT2D eigenvalue weighted by atomic mass is 9.98. The van der Waals surface area contributed by atoms with E-state index in [-0.39, 0.29) is 0 Å². The summed E-state index contributed by atoms with van der Waals surface area (Å²) in [7, 11) is 0. The quantitative estimate of drug-likeness (QED) is 0.354. The molecular weight excluding hydrogens is 408 g/mol. The lowest BCUT2D eigenvalue weighted by molar-refractivity contribution is -0.309. The third kappa shape index (κ3) is 6.25. The minimum atomic E-state index is -2.52. The summed E-state index contributed by atoms with van der Waals surface area (Å²) >= 11 is 2.75. The summed E-state index contributed by atoms with van der Waals surface area (Å²) < 4.78 is 50.5. The van der Waals surface area contributed by atoms with E-state index in [2.05, 4.69) is 15.9 Å². The first-order valence-electron chi connectivity index (χ1n) is 9.42. The highest BCUT2D eigenvalue weighted by molar-refractivity contribution is 9.10. The molecule has 1 N–H and O–H groups in total. The van der Waals surface area contributed by atoms with Gasteiger partial charge in [0, 0.05) is 33.1 Å². The van der Waals surface area contributed by atoms with E-state index in [0.717, 1.165) is 0 Å². The van der Waals surface area contributed by atoms with Crippen LogP contribution in [-0.2, 0) is 42.9 Å². The van der Waals surface area contributed by atoms with Crippen molar-refractivity contribution in [2.45, 2.75) is 56.7 Å². The number of ether oxygens (including phenoxy) is 5. The molecule has 1 heterocycles. The Morgan fingerprint density at radius 2 is 1.52 bits per heavy atom. The fourth-order valence-corrected chi connectivity index (χ4v) is 2.69. The van der Waals surface area contributed by atoms with Crippen LogP contribution in [0.15, 0.2) is 0 Å². The SMILES string of the molecule is [2H]CC(=O)OC[C@H]1OC(O)(Br)[C@@H](OC(=O)C[2H])[C@@H](OC(=O)C[2H])[C@@H]1OC(=O)C[2H]. The van der Waals surface area contributed by atoms with Crippen molar-refractivity contribution in [1.82, 2.24) is 0 Å². The number of rotatable bonds is 5. The van der Waals surface area contributed by atoms with Crippen molar-refractivity contribution in [2.75, 3.05) is 6.61 Å². The smallest absolute Gasteiger partial charge is 0.303 e. The number of halogens is 1. The molecule has 1 rings (SSSR count). The minimum Gasteiger partial charge on any atom is -0.463 e. The molecule has 0 spiro atoms. The Labute approximate surface area is 157 Å². The summed E-state index contributed by atoms with van der Waals surface area (Å²) in [6.07, 6.45) is -6.68. The number of aliphatic hydroxyl groups is 1. The summed E-state index contributed by atoms with van der Waals surface area (Å²) in [5.74, 6) is -4.36. The second-order valence-corrected chi connectivity index (χ2v) is 5.90. The average Bonchev–Trinajstić information content (AvgIpc) is 2.69. The lowest BCUT2D eigenvalue weighted by Gasteiger charge is -2.46. The number of carbonyl (C=O) groups is 4. The van der Waals surface area contributed by atoms with Crippen LogP contribution < -0.4 is 0 Å². The Morgan fingerprint density at radius 1 is 1.00 bits per heavy atom. The molecule has 0 aliphatic carbocycles. The average molecular weight is 431 g/mol. The van der Waals surface area contributed by atoms with Gasteiger partial charge < -0.3 is 28.8 Å². The number of carbonyl (C=O) groups excluding carboxylic acids is 4. The first-order chi connectivity index (χ1) is 13.6. The Hall–Kier alpha value is -1.72. The summed E-state index contributed by atoms with van der Waals surface area (Å²) in [5, 5.41) is 10.5. The van der Waals surface area contributed by atoms with Crippen molar-refractivity contribution in [3.05, 3.63) is 0 Å². The molecule has 1 aliphatic rings. The normalized spacial score (nSPS) is 33.7. The predicted octanol–water partition coefficient (Wildman–Crippen LogP) is -0.216. The third-order valence-electron chi connectivity index (χ3n) is 2.86. The van der Waals surface area contributed by atoms with Crippen molar-refractivity contribution < 1.29 is 53.5 Å². The highest BCUT2D eigenvalue weighted by Gasteiger charge is 2.58. The second-order valence-electron chi connectivity index (χ2n) is 4.77. The van der Waals surface area contributed by atoms with Gasteiger partial charge in [-0.25, -0.2) is 0 Å². The second kappa shape index (κ2) is 8.59. The molecule has 0 bridgehead atoms. The van der Waals surface area contributed by atoms with Crippen LogP contribution in [0.5, 0.6) is 0 Å². The molecular formula is C14H19BrO10. The summed E-state index contributed by atoms with van der Waals surface area (Å²) in [6, 6.07) is 0. The van der Waals surface area contributed by atoms with Crippen LogP contribution in [0, 0.1) is 0 Å². The molecule has 0 aromatic heterocycles. The number of hydrogen-bond acceptors (Lipinski definition) is 10. The zero-order valence-electron chi connectivity index (χ0n) is 16.8. The Bertz CT molecular complexity index is 619. The molecule has 0 amide bonds. The predicted molar refractivity (Wildman–Crippen MR) is 82.0 cm³/mol. The number of alkyl halides is 1. The van der Waals surface area contributed by atoms with Crippen molar-refractivity contribution in [3.63, 3.8) is 0 Å². The molecule has 0 radical (unpaired) electrons. The molecule has 1 aliphatic heterocycles. The van der Waals surface area contributed by atoms with Gasteiger partial charge in [0.15, 0.2) is 12.2 Å². The van der Waals surface area contributed by atoms with Crippen molar-refractivity contribution in [2.24, 2.45) is 0 Å². The number of esters is 4. The van der Waals surface area contributed by atoms with Gasteiger partial charge >= 0.3 is 23.9 Å². The van der Waals surface area contributed by atoms with Gasteiger partial charge in [0.2, 0.25) is 6.10 Å². The van der Waals surface area contributed by atoms with E-state index in [1.807, 2.05) is 0 Å². The monoisotopic (exact) mass is 430 g/mol. The Kier molecular flexibility index (Phi) is 5.33. The van der Waals surface area contributed by atoms with Crippen LogP contribution in [-0.4, -0.2) is 64.7 Å². The highest BCUT2D eigenvalue weighted by Crippen LogP contribution is 2.38. The van der Waals surface area contributed by atoms with E-state index in [4.69, 9.17) is 29.2 Å². The van der Waals surface area contributed by atoms with Crippen LogP contribution in [0.3, 0.4) is 0 Å². The van der Waals surface area contributed by atoms with Crippen molar-refractivity contribution in [3.8, 4) is 0 Å². The largest absolute Gasteiger partial charge is 0.463 e. The minimum absolute atomic E-state index is 0.657. The van der Waals surface area contributed by atoms with Gasteiger partial charge in [-0.3, -0.25) is 19.2 Å². The zero-order chi connectivity index (χ0) is 22.2. The molecule has 5 atom stereocenters. The van der Waals surface area contributed by atoms with E-state index in [0.29, 0.717) is 0 Å². The number of hydrogen-bond donors (Lipinski definition) is 1. The summed E-state index contributed by atoms with van der Waals surface area (Å²) in [6.45, 7) is -3.96. The topological polar surface area (TPSA) is 135 Å². The van der Waals surface area contributed by atoms with Gasteiger partial charge in [0.1, 0.15) is 12.7 Å². The van der Waals surface area contributed by atoms with E-state index in [1.54, 1.807) is 0 Å². The van der Waals surface area contributed by atoms with E-state index >= 15 is 0 Å². The molecule has 0 aromatic carbocycles. The Morgan fingerprint density at radius 3 is 2.08 bits per heavy atom. The third-order valence-corrected chi connectivity index (χ3v) is 3.50. The van der Waals surface area contributed by atoms with Crippen LogP contribution in [0.4, 0.5) is 0 Å².